The molecule has 0 unspecified atom stereocenters. The minimum absolute atomic E-state index is 0.300. The van der Waals surface area contributed by atoms with Gasteiger partial charge in [-0.3, -0.25) is 0 Å². The molecule has 0 aliphatic carbocycles. The van der Waals surface area contributed by atoms with Crippen molar-refractivity contribution in [3.63, 3.8) is 0 Å². The molecular formula is C12H21NO2Si. The standard InChI is InChI=1S/C12H21NO2Si/c1-16(2,3)8-7-14-10-15-12-6-4-5-11(13)9-12/h4-6,9H,7-8,10,13H2,1-3H3. The van der Waals surface area contributed by atoms with Gasteiger partial charge in [-0.1, -0.05) is 25.7 Å². The molecule has 4 heteroatoms. The van der Waals surface area contributed by atoms with E-state index in [1.807, 2.05) is 18.2 Å². The van der Waals surface area contributed by atoms with Crippen molar-refractivity contribution in [2.24, 2.45) is 0 Å². The second-order valence-electron chi connectivity index (χ2n) is 5.05. The minimum atomic E-state index is -0.996. The first-order valence-electron chi connectivity index (χ1n) is 5.53. The fourth-order valence-electron chi connectivity index (χ4n) is 1.15. The Labute approximate surface area is 98.6 Å². The van der Waals surface area contributed by atoms with Crippen LogP contribution in [0.5, 0.6) is 5.75 Å². The maximum Gasteiger partial charge on any atom is 0.189 e. The minimum Gasteiger partial charge on any atom is -0.467 e. The Bertz CT molecular complexity index is 323. The molecule has 1 aromatic rings. The lowest BCUT2D eigenvalue weighted by atomic mass is 10.3. The second-order valence-corrected chi connectivity index (χ2v) is 10.7. The van der Waals surface area contributed by atoms with Crippen molar-refractivity contribution in [2.75, 3.05) is 19.1 Å². The molecule has 16 heavy (non-hydrogen) atoms. The molecule has 3 nitrogen and oxygen atoms in total. The van der Waals surface area contributed by atoms with Crippen molar-refractivity contribution >= 4 is 13.8 Å². The number of ether oxygens (including phenoxy) is 2. The first kappa shape index (κ1) is 13.1. The smallest absolute Gasteiger partial charge is 0.189 e. The Kier molecular flexibility index (Phi) is 4.83. The van der Waals surface area contributed by atoms with E-state index in [2.05, 4.69) is 19.6 Å². The Morgan fingerprint density at radius 2 is 2.00 bits per heavy atom. The summed E-state index contributed by atoms with van der Waals surface area (Å²) in [5.41, 5.74) is 6.34. The zero-order valence-electron chi connectivity index (χ0n) is 10.3. The first-order valence-corrected chi connectivity index (χ1v) is 9.24. The van der Waals surface area contributed by atoms with Crippen molar-refractivity contribution in [2.45, 2.75) is 25.7 Å². The van der Waals surface area contributed by atoms with E-state index in [0.29, 0.717) is 12.5 Å². The zero-order valence-corrected chi connectivity index (χ0v) is 11.3. The van der Waals surface area contributed by atoms with Gasteiger partial charge in [0.1, 0.15) is 5.75 Å². The van der Waals surface area contributed by atoms with Gasteiger partial charge in [0.2, 0.25) is 0 Å². The average Bonchev–Trinajstić information content (AvgIpc) is 2.15. The summed E-state index contributed by atoms with van der Waals surface area (Å²) >= 11 is 0. The van der Waals surface area contributed by atoms with Crippen molar-refractivity contribution in [3.8, 4) is 5.75 Å². The lowest BCUT2D eigenvalue weighted by Gasteiger charge is -2.15. The van der Waals surface area contributed by atoms with Crippen LogP contribution in [0.15, 0.2) is 24.3 Å². The van der Waals surface area contributed by atoms with Crippen LogP contribution in [0.3, 0.4) is 0 Å². The fourth-order valence-corrected chi connectivity index (χ4v) is 1.91. The molecule has 0 amide bonds. The van der Waals surface area contributed by atoms with Gasteiger partial charge in [-0.05, 0) is 18.2 Å². The second kappa shape index (κ2) is 5.91. The number of nitrogens with two attached hydrogens (primary N) is 1. The summed E-state index contributed by atoms with van der Waals surface area (Å²) in [7, 11) is -0.996. The van der Waals surface area contributed by atoms with Crippen LogP contribution in [0.25, 0.3) is 0 Å². The summed E-state index contributed by atoms with van der Waals surface area (Å²) in [4.78, 5) is 0. The zero-order chi connectivity index (χ0) is 12.0. The molecule has 0 aliphatic rings. The predicted molar refractivity (Wildman–Crippen MR) is 70.5 cm³/mol. The highest BCUT2D eigenvalue weighted by atomic mass is 28.3. The third kappa shape index (κ3) is 5.78. The van der Waals surface area contributed by atoms with Gasteiger partial charge in [0.15, 0.2) is 6.79 Å². The molecule has 0 atom stereocenters. The number of hydrogen-bond acceptors (Lipinski definition) is 3. The van der Waals surface area contributed by atoms with Crippen LogP contribution < -0.4 is 10.5 Å². The molecule has 0 aliphatic heterocycles. The van der Waals surface area contributed by atoms with Gasteiger partial charge in [-0.2, -0.15) is 0 Å². The van der Waals surface area contributed by atoms with E-state index >= 15 is 0 Å². The highest BCUT2D eigenvalue weighted by Crippen LogP contribution is 2.14. The highest BCUT2D eigenvalue weighted by molar-refractivity contribution is 6.76. The van der Waals surface area contributed by atoms with E-state index in [1.165, 1.54) is 0 Å². The van der Waals surface area contributed by atoms with Gasteiger partial charge in [-0.25, -0.2) is 0 Å². The molecule has 90 valence electrons. The Hall–Kier alpha value is -1.00. The van der Waals surface area contributed by atoms with E-state index in [9.17, 15) is 0 Å². The molecular weight excluding hydrogens is 218 g/mol. The van der Waals surface area contributed by atoms with Crippen LogP contribution in [-0.4, -0.2) is 21.5 Å². The molecule has 0 bridgehead atoms. The number of benzene rings is 1. The molecule has 0 heterocycles. The van der Waals surface area contributed by atoms with Crippen molar-refractivity contribution in [1.82, 2.24) is 0 Å². The Balaban J connectivity index is 2.17. The fraction of sp³-hybridized carbons (Fsp3) is 0.500. The maximum absolute atomic E-state index is 5.63. The van der Waals surface area contributed by atoms with Gasteiger partial charge in [0, 0.05) is 26.4 Å². The van der Waals surface area contributed by atoms with Crippen molar-refractivity contribution in [3.05, 3.63) is 24.3 Å². The van der Waals surface area contributed by atoms with Crippen molar-refractivity contribution in [1.29, 1.82) is 0 Å². The summed E-state index contributed by atoms with van der Waals surface area (Å²) < 4.78 is 10.8. The first-order chi connectivity index (χ1) is 7.47. The van der Waals surface area contributed by atoms with Crippen LogP contribution in [0, 0.1) is 0 Å². The Morgan fingerprint density at radius 1 is 1.25 bits per heavy atom. The largest absolute Gasteiger partial charge is 0.467 e. The monoisotopic (exact) mass is 239 g/mol. The van der Waals surface area contributed by atoms with Crippen LogP contribution in [0.2, 0.25) is 25.7 Å². The number of hydrogen-bond donors (Lipinski definition) is 1. The number of anilines is 1. The molecule has 2 N–H and O–H groups in total. The molecule has 0 saturated heterocycles. The van der Waals surface area contributed by atoms with Gasteiger partial charge in [0.25, 0.3) is 0 Å². The summed E-state index contributed by atoms with van der Waals surface area (Å²) in [6, 6.07) is 8.53. The Morgan fingerprint density at radius 3 is 2.62 bits per heavy atom. The SMILES string of the molecule is C[Si](C)(C)CCOCOc1cccc(N)c1. The maximum atomic E-state index is 5.63. The lowest BCUT2D eigenvalue weighted by molar-refractivity contribution is 0.0221. The van der Waals surface area contributed by atoms with E-state index in [0.717, 1.165) is 18.4 Å². The van der Waals surface area contributed by atoms with Crippen LogP contribution >= 0.6 is 0 Å². The van der Waals surface area contributed by atoms with E-state index < -0.39 is 8.07 Å². The van der Waals surface area contributed by atoms with E-state index in [1.54, 1.807) is 6.07 Å². The van der Waals surface area contributed by atoms with Gasteiger partial charge >= 0.3 is 0 Å². The average molecular weight is 239 g/mol. The van der Waals surface area contributed by atoms with Gasteiger partial charge in [-0.15, -0.1) is 0 Å². The normalized spacial score (nSPS) is 11.4. The quantitative estimate of drug-likeness (QED) is 0.359. The van der Waals surface area contributed by atoms with Gasteiger partial charge < -0.3 is 15.2 Å². The molecule has 1 aromatic carbocycles. The third-order valence-electron chi connectivity index (χ3n) is 2.16. The molecule has 0 fully saturated rings. The topological polar surface area (TPSA) is 44.5 Å². The number of nitrogen functional groups attached to an aromatic ring is 1. The lowest BCUT2D eigenvalue weighted by Crippen LogP contribution is -2.22. The molecule has 1 rings (SSSR count). The third-order valence-corrected chi connectivity index (χ3v) is 3.87. The summed E-state index contributed by atoms with van der Waals surface area (Å²) in [5.74, 6) is 0.757. The molecule has 0 aromatic heterocycles. The predicted octanol–water partition coefficient (Wildman–Crippen LogP) is 2.96. The molecule has 0 saturated carbocycles. The van der Waals surface area contributed by atoms with Crippen molar-refractivity contribution < 1.29 is 9.47 Å². The molecule has 0 radical (unpaired) electrons. The summed E-state index contributed by atoms with van der Waals surface area (Å²) in [6.07, 6.45) is 0. The number of rotatable bonds is 6. The molecule has 0 spiro atoms. The van der Waals surface area contributed by atoms with Crippen LogP contribution in [-0.2, 0) is 4.74 Å². The summed E-state index contributed by atoms with van der Waals surface area (Å²) in [5, 5.41) is 0. The van der Waals surface area contributed by atoms with Gasteiger partial charge in [0.05, 0.1) is 0 Å². The van der Waals surface area contributed by atoms with E-state index in [-0.39, 0.29) is 0 Å². The van der Waals surface area contributed by atoms with Crippen LogP contribution in [0.1, 0.15) is 0 Å². The van der Waals surface area contributed by atoms with Crippen LogP contribution in [0.4, 0.5) is 5.69 Å². The van der Waals surface area contributed by atoms with E-state index in [4.69, 9.17) is 15.2 Å². The highest BCUT2D eigenvalue weighted by Gasteiger charge is 2.11. The summed E-state index contributed by atoms with van der Waals surface area (Å²) in [6.45, 7) is 8.06.